The molecule has 0 aromatic carbocycles. The van der Waals surface area contributed by atoms with Crippen LogP contribution in [0, 0.1) is 0 Å². The van der Waals surface area contributed by atoms with Crippen LogP contribution in [-0.4, -0.2) is 19.2 Å². The van der Waals surface area contributed by atoms with Gasteiger partial charge >= 0.3 is 0 Å². The second kappa shape index (κ2) is 17.6. The molecule has 17 heavy (non-hydrogen) atoms. The van der Waals surface area contributed by atoms with Gasteiger partial charge in [0.25, 0.3) is 0 Å². The van der Waals surface area contributed by atoms with E-state index in [9.17, 15) is 0 Å². The van der Waals surface area contributed by atoms with Gasteiger partial charge < -0.3 is 21.0 Å². The van der Waals surface area contributed by atoms with Crippen molar-refractivity contribution in [2.45, 2.75) is 65.2 Å². The fourth-order valence-electron chi connectivity index (χ4n) is 1.58. The first-order valence-electron chi connectivity index (χ1n) is 6.93. The Labute approximate surface area is 106 Å². The summed E-state index contributed by atoms with van der Waals surface area (Å²) in [5.41, 5.74) is 3.92. The number of carbonyl (C=O) groups excluding carboxylic acids is 1. The highest BCUT2D eigenvalue weighted by atomic mass is 16.4. The molecule has 0 aliphatic carbocycles. The largest absolute Gasteiger partial charge is 0.530 e. The molecular formula is C13H30N2O2. The molecule has 0 aliphatic heterocycles. The molecule has 104 valence electrons. The zero-order valence-corrected chi connectivity index (χ0v) is 11.5. The molecular weight excluding hydrogens is 216 g/mol. The number of carbonyl (C=O) groups is 1. The molecule has 0 aliphatic rings. The van der Waals surface area contributed by atoms with Gasteiger partial charge in [0.15, 0.2) is 0 Å². The molecule has 0 radical (unpaired) electrons. The Kier molecular flexibility index (Phi) is 19.3. The van der Waals surface area contributed by atoms with Crippen LogP contribution in [0.25, 0.3) is 0 Å². The minimum Gasteiger partial charge on any atom is -0.530 e. The number of hydrogen-bond acceptors (Lipinski definition) is 2. The summed E-state index contributed by atoms with van der Waals surface area (Å²) in [6, 6.07) is 0. The molecule has 0 spiro atoms. The van der Waals surface area contributed by atoms with Crippen LogP contribution in [0.4, 0.5) is 4.79 Å². The third-order valence-corrected chi connectivity index (χ3v) is 2.52. The lowest BCUT2D eigenvalue weighted by Gasteiger charge is -2.00. The van der Waals surface area contributed by atoms with Gasteiger partial charge in [-0.25, -0.2) is 0 Å². The van der Waals surface area contributed by atoms with E-state index in [2.05, 4.69) is 24.9 Å². The number of hydrogen-bond donors (Lipinski definition) is 2. The molecule has 0 rings (SSSR count). The van der Waals surface area contributed by atoms with Crippen molar-refractivity contribution in [2.75, 3.05) is 13.1 Å². The Morgan fingerprint density at radius 2 is 1.29 bits per heavy atom. The molecule has 4 heteroatoms. The summed E-state index contributed by atoms with van der Waals surface area (Å²) < 4.78 is 0. The summed E-state index contributed by atoms with van der Waals surface area (Å²) in [5, 5.41) is 11.2. The Morgan fingerprint density at radius 3 is 1.59 bits per heavy atom. The third-order valence-electron chi connectivity index (χ3n) is 2.52. The van der Waals surface area contributed by atoms with Gasteiger partial charge in [0, 0.05) is 0 Å². The summed E-state index contributed by atoms with van der Waals surface area (Å²) in [7, 11) is 0. The minimum absolute atomic E-state index is 1.35. The average molecular weight is 246 g/mol. The van der Waals surface area contributed by atoms with Gasteiger partial charge in [-0.15, -0.1) is 0 Å². The molecule has 0 saturated heterocycles. The quantitative estimate of drug-likeness (QED) is 0.564. The molecule has 0 saturated carbocycles. The van der Waals surface area contributed by atoms with Crippen molar-refractivity contribution in [2.24, 2.45) is 5.73 Å². The van der Waals surface area contributed by atoms with Crippen molar-refractivity contribution >= 4 is 6.09 Å². The van der Waals surface area contributed by atoms with Crippen LogP contribution >= 0.6 is 0 Å². The van der Waals surface area contributed by atoms with E-state index in [4.69, 9.17) is 9.90 Å². The van der Waals surface area contributed by atoms with Crippen LogP contribution in [0.5, 0.6) is 0 Å². The number of unbranched alkanes of at least 4 members (excludes halogenated alkanes) is 6. The highest BCUT2D eigenvalue weighted by Gasteiger charge is 1.92. The number of amides is 1. The van der Waals surface area contributed by atoms with Gasteiger partial charge in [-0.3, -0.25) is 0 Å². The smallest absolute Gasteiger partial charge is 0.131 e. The minimum atomic E-state index is -1.58. The molecule has 0 aromatic rings. The second-order valence-corrected chi connectivity index (χ2v) is 4.31. The van der Waals surface area contributed by atoms with Crippen molar-refractivity contribution in [1.82, 2.24) is 0 Å². The molecule has 0 bridgehead atoms. The van der Waals surface area contributed by atoms with Gasteiger partial charge in [-0.1, -0.05) is 39.5 Å². The third kappa shape index (κ3) is 31.3. The van der Waals surface area contributed by atoms with Crippen LogP contribution in [-0.2, 0) is 0 Å². The zero-order chi connectivity index (χ0) is 13.4. The number of nitrogens with two attached hydrogens (primary N) is 2. The topological polar surface area (TPSA) is 82.8 Å². The average Bonchev–Trinajstić information content (AvgIpc) is 2.26. The van der Waals surface area contributed by atoms with Crippen molar-refractivity contribution in [3.05, 3.63) is 0 Å². The predicted molar refractivity (Wildman–Crippen MR) is 69.5 cm³/mol. The number of primary amides is 1. The van der Waals surface area contributed by atoms with E-state index in [1.54, 1.807) is 0 Å². The first-order valence-corrected chi connectivity index (χ1v) is 6.93. The first kappa shape index (κ1) is 18.6. The zero-order valence-electron chi connectivity index (χ0n) is 11.5. The molecule has 0 atom stereocenters. The normalized spacial score (nSPS) is 9.53. The maximum atomic E-state index is 8.67. The molecule has 0 aromatic heterocycles. The van der Waals surface area contributed by atoms with Crippen LogP contribution in [0.1, 0.15) is 65.2 Å². The van der Waals surface area contributed by atoms with Crippen LogP contribution in [0.15, 0.2) is 0 Å². The monoisotopic (exact) mass is 246 g/mol. The Hall–Kier alpha value is -0.770. The molecule has 0 unspecified atom stereocenters. The molecule has 4 nitrogen and oxygen atoms in total. The summed E-state index contributed by atoms with van der Waals surface area (Å²) in [5.74, 6) is 0. The number of carboxylic acid groups (broad SMARTS) is 1. The highest BCUT2D eigenvalue weighted by molar-refractivity contribution is 5.58. The molecule has 1 amide bonds. The first-order chi connectivity index (χ1) is 8.15. The van der Waals surface area contributed by atoms with E-state index in [1.807, 2.05) is 0 Å². The predicted octanol–water partition coefficient (Wildman–Crippen LogP) is 0.999. The van der Waals surface area contributed by atoms with Crippen LogP contribution < -0.4 is 16.2 Å². The summed E-state index contributed by atoms with van der Waals surface area (Å²) in [4.78, 5) is 8.67. The maximum absolute atomic E-state index is 8.67. The van der Waals surface area contributed by atoms with E-state index in [0.717, 1.165) is 0 Å². The van der Waals surface area contributed by atoms with Crippen molar-refractivity contribution < 1.29 is 15.2 Å². The SMILES string of the molecule is CCCCCC[NH2+]CCCCCC.NC(=O)[O-]. The number of rotatable bonds is 10. The van der Waals surface area contributed by atoms with Gasteiger partial charge in [-0.2, -0.15) is 0 Å². The second-order valence-electron chi connectivity index (χ2n) is 4.31. The Balaban J connectivity index is 0. The van der Waals surface area contributed by atoms with Gasteiger partial charge in [-0.05, 0) is 25.7 Å². The molecule has 0 fully saturated rings. The van der Waals surface area contributed by atoms with Crippen LogP contribution in [0.2, 0.25) is 0 Å². The lowest BCUT2D eigenvalue weighted by molar-refractivity contribution is -0.655. The molecule has 0 heterocycles. The van der Waals surface area contributed by atoms with Gasteiger partial charge in [0.05, 0.1) is 13.1 Å². The Bertz CT molecular complexity index is 138. The van der Waals surface area contributed by atoms with E-state index in [1.165, 1.54) is 64.5 Å². The van der Waals surface area contributed by atoms with Gasteiger partial charge in [0.2, 0.25) is 0 Å². The Morgan fingerprint density at radius 1 is 0.941 bits per heavy atom. The van der Waals surface area contributed by atoms with Crippen molar-refractivity contribution in [3.8, 4) is 0 Å². The number of quaternary nitrogens is 1. The van der Waals surface area contributed by atoms with E-state index >= 15 is 0 Å². The maximum Gasteiger partial charge on any atom is 0.131 e. The molecule has 4 N–H and O–H groups in total. The fourth-order valence-corrected chi connectivity index (χ4v) is 1.58. The van der Waals surface area contributed by atoms with Crippen molar-refractivity contribution in [1.29, 1.82) is 0 Å². The standard InChI is InChI=1S/C12H27N.CH3NO2/c1-3-5-7-9-11-13-12-10-8-6-4-2;2-1(3)4/h13H,3-12H2,1-2H3;2H2,(H,3,4). The lowest BCUT2D eigenvalue weighted by atomic mass is 10.2. The van der Waals surface area contributed by atoms with E-state index in [0.29, 0.717) is 0 Å². The van der Waals surface area contributed by atoms with E-state index in [-0.39, 0.29) is 0 Å². The fraction of sp³-hybridized carbons (Fsp3) is 0.923. The summed E-state index contributed by atoms with van der Waals surface area (Å²) in [6.07, 6.45) is 9.67. The van der Waals surface area contributed by atoms with Gasteiger partial charge in [0.1, 0.15) is 6.09 Å². The van der Waals surface area contributed by atoms with E-state index < -0.39 is 6.09 Å². The summed E-state index contributed by atoms with van der Waals surface area (Å²) >= 11 is 0. The lowest BCUT2D eigenvalue weighted by Crippen LogP contribution is -2.84. The highest BCUT2D eigenvalue weighted by Crippen LogP contribution is 1.96. The summed E-state index contributed by atoms with van der Waals surface area (Å²) in [6.45, 7) is 7.25. The van der Waals surface area contributed by atoms with Crippen LogP contribution in [0.3, 0.4) is 0 Å². The van der Waals surface area contributed by atoms with Crippen molar-refractivity contribution in [3.63, 3.8) is 0 Å².